The number of nitrogens with one attached hydrogen (secondary N) is 1. The summed E-state index contributed by atoms with van der Waals surface area (Å²) in [6, 6.07) is 16.4. The minimum atomic E-state index is -0.0930. The summed E-state index contributed by atoms with van der Waals surface area (Å²) in [7, 11) is 0. The number of aryl methyl sites for hydroxylation is 2. The molecule has 1 heterocycles. The molecular weight excluding hydrogens is 390 g/mol. The number of nitrogens with zero attached hydrogens (tertiary/aromatic N) is 2. The lowest BCUT2D eigenvalue weighted by molar-refractivity contribution is -0.116. The van der Waals surface area contributed by atoms with Crippen LogP contribution in [0, 0.1) is 13.8 Å². The van der Waals surface area contributed by atoms with E-state index in [1.165, 1.54) is 0 Å². The van der Waals surface area contributed by atoms with Crippen molar-refractivity contribution >= 4 is 23.2 Å². The third-order valence-electron chi connectivity index (χ3n) is 3.92. The molecular formula is C22H22ClN3O3. The number of aromatic nitrogens is 2. The molecule has 0 fully saturated rings. The van der Waals surface area contributed by atoms with Gasteiger partial charge in [-0.05, 0) is 62.7 Å². The van der Waals surface area contributed by atoms with Crippen LogP contribution in [0.3, 0.4) is 0 Å². The van der Waals surface area contributed by atoms with E-state index in [4.69, 9.17) is 21.1 Å². The van der Waals surface area contributed by atoms with Gasteiger partial charge in [0.05, 0.1) is 6.61 Å². The number of amides is 1. The molecule has 7 heteroatoms. The Balaban J connectivity index is 1.47. The molecule has 150 valence electrons. The molecule has 0 atom stereocenters. The number of benzene rings is 2. The number of anilines is 1. The summed E-state index contributed by atoms with van der Waals surface area (Å²) in [5, 5.41) is 3.52. The molecule has 0 saturated heterocycles. The largest absolute Gasteiger partial charge is 0.494 e. The van der Waals surface area contributed by atoms with Gasteiger partial charge in [0.1, 0.15) is 11.5 Å². The van der Waals surface area contributed by atoms with Gasteiger partial charge in [0.25, 0.3) is 0 Å². The highest BCUT2D eigenvalue weighted by molar-refractivity contribution is 6.30. The second-order valence-electron chi connectivity index (χ2n) is 6.52. The highest BCUT2D eigenvalue weighted by Gasteiger charge is 2.06. The molecule has 1 N–H and O–H groups in total. The normalized spacial score (nSPS) is 10.4. The first-order chi connectivity index (χ1) is 14.0. The second kappa shape index (κ2) is 9.89. The molecule has 0 saturated carbocycles. The first-order valence-electron chi connectivity index (χ1n) is 9.26. The van der Waals surface area contributed by atoms with Gasteiger partial charge in [0.2, 0.25) is 5.91 Å². The van der Waals surface area contributed by atoms with E-state index in [-0.39, 0.29) is 11.9 Å². The Morgan fingerprint density at radius 3 is 2.45 bits per heavy atom. The van der Waals surface area contributed by atoms with Gasteiger partial charge in [-0.3, -0.25) is 4.79 Å². The molecule has 0 unspecified atom stereocenters. The highest BCUT2D eigenvalue weighted by atomic mass is 35.5. The standard InChI is InChI=1S/C22H22ClN3O3/c1-15-13-16(2)25-22(24-15)29-20-6-3-5-18(14-20)26-21(27)7-4-12-28-19-10-8-17(23)9-11-19/h3,5-6,8-11,13-14H,4,7,12H2,1-2H3,(H,26,27). The van der Waals surface area contributed by atoms with E-state index in [1.807, 2.05) is 19.9 Å². The fraction of sp³-hybridized carbons (Fsp3) is 0.227. The molecule has 3 rings (SSSR count). The number of carbonyl (C=O) groups is 1. The number of halogens is 1. The zero-order valence-corrected chi connectivity index (χ0v) is 17.1. The average Bonchev–Trinajstić information content (AvgIpc) is 2.66. The average molecular weight is 412 g/mol. The van der Waals surface area contributed by atoms with Crippen LogP contribution in [0.1, 0.15) is 24.2 Å². The summed E-state index contributed by atoms with van der Waals surface area (Å²) < 4.78 is 11.3. The maximum absolute atomic E-state index is 12.2. The van der Waals surface area contributed by atoms with Crippen molar-refractivity contribution in [2.24, 2.45) is 0 Å². The first-order valence-corrected chi connectivity index (χ1v) is 9.64. The number of rotatable bonds is 8. The van der Waals surface area contributed by atoms with Crippen molar-refractivity contribution in [1.82, 2.24) is 9.97 Å². The summed E-state index contributed by atoms with van der Waals surface area (Å²) >= 11 is 5.84. The molecule has 0 bridgehead atoms. The smallest absolute Gasteiger partial charge is 0.322 e. The van der Waals surface area contributed by atoms with Crippen molar-refractivity contribution in [3.8, 4) is 17.5 Å². The van der Waals surface area contributed by atoms with E-state index in [0.717, 1.165) is 17.1 Å². The Kier molecular flexibility index (Phi) is 7.03. The van der Waals surface area contributed by atoms with Crippen molar-refractivity contribution in [1.29, 1.82) is 0 Å². The molecule has 0 aliphatic carbocycles. The van der Waals surface area contributed by atoms with Gasteiger partial charge in [-0.1, -0.05) is 17.7 Å². The van der Waals surface area contributed by atoms with Crippen molar-refractivity contribution in [3.05, 3.63) is 71.0 Å². The third kappa shape index (κ3) is 6.76. The Bertz CT molecular complexity index is 957. The molecule has 0 radical (unpaired) electrons. The van der Waals surface area contributed by atoms with Crippen LogP contribution in [0.5, 0.6) is 17.5 Å². The molecule has 3 aromatic rings. The van der Waals surface area contributed by atoms with Gasteiger partial charge in [0, 0.05) is 34.6 Å². The number of carbonyl (C=O) groups excluding carboxylic acids is 1. The molecule has 1 amide bonds. The number of hydrogen-bond acceptors (Lipinski definition) is 5. The van der Waals surface area contributed by atoms with Crippen LogP contribution >= 0.6 is 11.6 Å². The van der Waals surface area contributed by atoms with Gasteiger partial charge in [-0.15, -0.1) is 0 Å². The summed E-state index contributed by atoms with van der Waals surface area (Å²) in [5.74, 6) is 1.19. The van der Waals surface area contributed by atoms with Crippen LogP contribution < -0.4 is 14.8 Å². The lowest BCUT2D eigenvalue weighted by Gasteiger charge is -2.09. The molecule has 2 aromatic carbocycles. The van der Waals surface area contributed by atoms with Crippen molar-refractivity contribution in [2.75, 3.05) is 11.9 Å². The minimum absolute atomic E-state index is 0.0930. The van der Waals surface area contributed by atoms with Gasteiger partial charge in [-0.2, -0.15) is 0 Å². The quantitative estimate of drug-likeness (QED) is 0.506. The van der Waals surface area contributed by atoms with E-state index >= 15 is 0 Å². The Morgan fingerprint density at radius 1 is 1.00 bits per heavy atom. The minimum Gasteiger partial charge on any atom is -0.494 e. The molecule has 29 heavy (non-hydrogen) atoms. The monoisotopic (exact) mass is 411 g/mol. The maximum atomic E-state index is 12.2. The SMILES string of the molecule is Cc1cc(C)nc(Oc2cccc(NC(=O)CCCOc3ccc(Cl)cc3)c2)n1. The van der Waals surface area contributed by atoms with Crippen molar-refractivity contribution < 1.29 is 14.3 Å². The van der Waals surface area contributed by atoms with Crippen LogP contribution in [0.25, 0.3) is 0 Å². The van der Waals surface area contributed by atoms with E-state index in [9.17, 15) is 4.79 Å². The summed E-state index contributed by atoms with van der Waals surface area (Å²) in [6.45, 7) is 4.21. The van der Waals surface area contributed by atoms with Crippen LogP contribution in [0.15, 0.2) is 54.6 Å². The summed E-state index contributed by atoms with van der Waals surface area (Å²) in [4.78, 5) is 20.7. The zero-order chi connectivity index (χ0) is 20.6. The molecule has 0 aliphatic rings. The summed E-state index contributed by atoms with van der Waals surface area (Å²) in [5.41, 5.74) is 2.31. The van der Waals surface area contributed by atoms with Crippen molar-refractivity contribution in [3.63, 3.8) is 0 Å². The third-order valence-corrected chi connectivity index (χ3v) is 4.17. The molecule has 0 spiro atoms. The van der Waals surface area contributed by atoms with Gasteiger partial charge >= 0.3 is 6.01 Å². The first kappa shape index (κ1) is 20.6. The highest BCUT2D eigenvalue weighted by Crippen LogP contribution is 2.22. The molecule has 0 aliphatic heterocycles. The topological polar surface area (TPSA) is 73.3 Å². The molecule has 6 nitrogen and oxygen atoms in total. The Labute approximate surface area is 174 Å². The number of hydrogen-bond donors (Lipinski definition) is 1. The fourth-order valence-corrected chi connectivity index (χ4v) is 2.79. The van der Waals surface area contributed by atoms with Gasteiger partial charge in [0.15, 0.2) is 0 Å². The van der Waals surface area contributed by atoms with E-state index < -0.39 is 0 Å². The fourth-order valence-electron chi connectivity index (χ4n) is 2.66. The predicted molar refractivity (Wildman–Crippen MR) is 113 cm³/mol. The van der Waals surface area contributed by atoms with Crippen LogP contribution in [0.4, 0.5) is 5.69 Å². The van der Waals surface area contributed by atoms with Crippen LogP contribution in [0.2, 0.25) is 5.02 Å². The Morgan fingerprint density at radius 2 is 1.72 bits per heavy atom. The molecule has 1 aromatic heterocycles. The maximum Gasteiger partial charge on any atom is 0.322 e. The Hall–Kier alpha value is -3.12. The zero-order valence-electron chi connectivity index (χ0n) is 16.3. The van der Waals surface area contributed by atoms with Crippen LogP contribution in [-0.2, 0) is 4.79 Å². The van der Waals surface area contributed by atoms with Gasteiger partial charge < -0.3 is 14.8 Å². The lowest BCUT2D eigenvalue weighted by atomic mass is 10.2. The second-order valence-corrected chi connectivity index (χ2v) is 6.95. The van der Waals surface area contributed by atoms with Crippen LogP contribution in [-0.4, -0.2) is 22.5 Å². The lowest BCUT2D eigenvalue weighted by Crippen LogP contribution is -2.12. The van der Waals surface area contributed by atoms with E-state index in [2.05, 4.69) is 15.3 Å². The summed E-state index contributed by atoms with van der Waals surface area (Å²) in [6.07, 6.45) is 0.944. The van der Waals surface area contributed by atoms with Crippen molar-refractivity contribution in [2.45, 2.75) is 26.7 Å². The number of ether oxygens (including phenoxy) is 2. The van der Waals surface area contributed by atoms with Gasteiger partial charge in [-0.25, -0.2) is 9.97 Å². The van der Waals surface area contributed by atoms with E-state index in [0.29, 0.717) is 35.9 Å². The predicted octanol–water partition coefficient (Wildman–Crippen LogP) is 5.34. The van der Waals surface area contributed by atoms with E-state index in [1.54, 1.807) is 48.5 Å².